The van der Waals surface area contributed by atoms with Crippen molar-refractivity contribution in [3.63, 3.8) is 0 Å². The lowest BCUT2D eigenvalue weighted by Gasteiger charge is -2.20. The van der Waals surface area contributed by atoms with Crippen LogP contribution in [0.3, 0.4) is 0 Å². The third kappa shape index (κ3) is 35.4. The van der Waals surface area contributed by atoms with Crippen LogP contribution in [0, 0.1) is 0 Å². The molecule has 0 spiro atoms. The second kappa shape index (κ2) is 36.3. The Labute approximate surface area is 306 Å². The lowest BCUT2D eigenvalue weighted by molar-refractivity contribution is -0.154. The molecule has 0 aromatic rings. The van der Waals surface area contributed by atoms with Gasteiger partial charge in [0.25, 0.3) is 0 Å². The highest BCUT2D eigenvalue weighted by atomic mass is 31.2. The predicted octanol–water partition coefficient (Wildman–Crippen LogP) is 10.8. The molecule has 0 fully saturated rings. The van der Waals surface area contributed by atoms with E-state index in [-0.39, 0.29) is 13.0 Å². The Balaban J connectivity index is 4.13. The zero-order valence-electron chi connectivity index (χ0n) is 32.3. The number of nitrogens with two attached hydrogens (primary N) is 1. The maximum Gasteiger partial charge on any atom is 0.472 e. The zero-order valence-corrected chi connectivity index (χ0v) is 33.2. The van der Waals surface area contributed by atoms with Crippen LogP contribution < -0.4 is 5.73 Å². The van der Waals surface area contributed by atoms with E-state index in [2.05, 4.69) is 13.8 Å². The Kier molecular flexibility index (Phi) is 35.6. The summed E-state index contributed by atoms with van der Waals surface area (Å²) in [5.41, 5.74) is 5.34. The first-order valence-corrected chi connectivity index (χ1v) is 22.1. The first-order valence-electron chi connectivity index (χ1n) is 20.6. The number of carboxylic acid groups (broad SMARTS) is 1. The summed E-state index contributed by atoms with van der Waals surface area (Å²) in [7, 11) is -4.60. The number of unbranched alkanes of at least 4 members (excludes halogenated alkanes) is 26. The normalized spacial score (nSPS) is 14.0. The molecule has 0 saturated heterocycles. The molecule has 0 heterocycles. The molecular weight excluding hydrogens is 657 g/mol. The van der Waals surface area contributed by atoms with Crippen molar-refractivity contribution in [1.29, 1.82) is 0 Å². The van der Waals surface area contributed by atoms with E-state index >= 15 is 0 Å². The van der Waals surface area contributed by atoms with E-state index in [1.54, 1.807) is 0 Å². The summed E-state index contributed by atoms with van der Waals surface area (Å²) in [5, 5.41) is 8.86. The molecule has 0 aliphatic carbocycles. The number of hydrogen-bond acceptors (Lipinski definition) is 8. The molecule has 0 aliphatic heterocycles. The van der Waals surface area contributed by atoms with Crippen molar-refractivity contribution < 1.29 is 42.7 Å². The topological polar surface area (TPSA) is 155 Å². The highest BCUT2D eigenvalue weighted by molar-refractivity contribution is 7.47. The van der Waals surface area contributed by atoms with Crippen LogP contribution >= 0.6 is 7.82 Å². The van der Waals surface area contributed by atoms with E-state index in [1.807, 2.05) is 0 Å². The van der Waals surface area contributed by atoms with E-state index in [1.165, 1.54) is 141 Å². The third-order valence-electron chi connectivity index (χ3n) is 9.14. The predicted molar refractivity (Wildman–Crippen MR) is 203 cm³/mol. The highest BCUT2D eigenvalue weighted by Gasteiger charge is 2.27. The summed E-state index contributed by atoms with van der Waals surface area (Å²) in [5.74, 6) is -1.77. The molecule has 0 radical (unpaired) electrons. The Morgan fingerprint density at radius 1 is 0.560 bits per heavy atom. The number of phosphoric acid groups is 1. The van der Waals surface area contributed by atoms with Crippen molar-refractivity contribution in [2.75, 3.05) is 26.4 Å². The molecule has 0 amide bonds. The average Bonchev–Trinajstić information content (AvgIpc) is 3.09. The smallest absolute Gasteiger partial charge is 0.472 e. The lowest BCUT2D eigenvalue weighted by atomic mass is 10.0. The minimum atomic E-state index is -4.60. The molecule has 298 valence electrons. The van der Waals surface area contributed by atoms with Gasteiger partial charge in [-0.15, -0.1) is 0 Å². The molecule has 11 heteroatoms. The molecule has 3 unspecified atom stereocenters. The largest absolute Gasteiger partial charge is 0.480 e. The van der Waals surface area contributed by atoms with Crippen molar-refractivity contribution in [2.24, 2.45) is 5.73 Å². The Hall–Kier alpha value is -1.03. The summed E-state index contributed by atoms with van der Waals surface area (Å²) in [6.45, 7) is 3.89. The van der Waals surface area contributed by atoms with Gasteiger partial charge in [-0.2, -0.15) is 0 Å². The van der Waals surface area contributed by atoms with E-state index in [0.29, 0.717) is 6.61 Å². The quantitative estimate of drug-likeness (QED) is 0.0314. The summed E-state index contributed by atoms with van der Waals surface area (Å²) in [4.78, 5) is 33.4. The van der Waals surface area contributed by atoms with E-state index < -0.39 is 45.1 Å². The van der Waals surface area contributed by atoms with Crippen molar-refractivity contribution in [3.8, 4) is 0 Å². The number of carboxylic acids is 1. The molecule has 10 nitrogen and oxygen atoms in total. The van der Waals surface area contributed by atoms with E-state index in [0.717, 1.165) is 38.5 Å². The molecule has 0 bridgehead atoms. The van der Waals surface area contributed by atoms with Gasteiger partial charge in [-0.1, -0.05) is 181 Å². The molecule has 0 aromatic heterocycles. The summed E-state index contributed by atoms with van der Waals surface area (Å²) in [6, 6.07) is -1.47. The number of rotatable bonds is 40. The maximum absolute atomic E-state index is 12.6. The number of phosphoric ester groups is 1. The van der Waals surface area contributed by atoms with Gasteiger partial charge in [0, 0.05) is 13.0 Å². The summed E-state index contributed by atoms with van der Waals surface area (Å²) in [6.07, 6.45) is 34.5. The van der Waals surface area contributed by atoms with Gasteiger partial charge >= 0.3 is 19.8 Å². The van der Waals surface area contributed by atoms with Gasteiger partial charge in [0.2, 0.25) is 0 Å². The van der Waals surface area contributed by atoms with Gasteiger partial charge in [-0.25, -0.2) is 4.57 Å². The van der Waals surface area contributed by atoms with Crippen LogP contribution in [0.5, 0.6) is 0 Å². The number of carbonyl (C=O) groups is 2. The monoisotopic (exact) mass is 736 g/mol. The fraction of sp³-hybridized carbons (Fsp3) is 0.949. The van der Waals surface area contributed by atoms with Gasteiger partial charge in [0.1, 0.15) is 12.1 Å². The summed E-state index contributed by atoms with van der Waals surface area (Å²) >= 11 is 0. The molecule has 0 saturated carbocycles. The zero-order chi connectivity index (χ0) is 37.0. The molecule has 0 aromatic carbocycles. The average molecular weight is 736 g/mol. The van der Waals surface area contributed by atoms with Crippen LogP contribution in [-0.4, -0.2) is 60.5 Å². The van der Waals surface area contributed by atoms with Gasteiger partial charge in [-0.05, 0) is 12.8 Å². The number of hydrogen-bond donors (Lipinski definition) is 3. The van der Waals surface area contributed by atoms with E-state index in [4.69, 9.17) is 29.4 Å². The van der Waals surface area contributed by atoms with Gasteiger partial charge in [0.15, 0.2) is 0 Å². The Morgan fingerprint density at radius 2 is 0.920 bits per heavy atom. The van der Waals surface area contributed by atoms with E-state index in [9.17, 15) is 19.0 Å². The Morgan fingerprint density at radius 3 is 1.32 bits per heavy atom. The van der Waals surface area contributed by atoms with Gasteiger partial charge < -0.3 is 25.2 Å². The van der Waals surface area contributed by atoms with Crippen LogP contribution in [0.15, 0.2) is 0 Å². The minimum absolute atomic E-state index is 0.0244. The van der Waals surface area contributed by atoms with Crippen LogP contribution in [0.25, 0.3) is 0 Å². The minimum Gasteiger partial charge on any atom is -0.480 e. The fourth-order valence-electron chi connectivity index (χ4n) is 5.90. The number of esters is 1. The molecule has 0 aliphatic rings. The van der Waals surface area contributed by atoms with Crippen molar-refractivity contribution in [1.82, 2.24) is 0 Å². The SMILES string of the molecule is CCCCCCCCCCCCCCCCCCCCCC(=O)OC(COCCCCCCCCCCC)COP(=O)(O)OCC(N)C(=O)O. The van der Waals surface area contributed by atoms with Gasteiger partial charge in [0.05, 0.1) is 19.8 Å². The fourth-order valence-corrected chi connectivity index (χ4v) is 6.68. The van der Waals surface area contributed by atoms with Gasteiger partial charge in [-0.3, -0.25) is 18.6 Å². The molecule has 3 atom stereocenters. The standard InChI is InChI=1S/C39H78NO9P/c1-3-5-7-9-11-13-14-15-16-17-18-19-20-21-22-23-25-27-29-31-38(41)49-36(34-47-50(44,45)48-35-37(40)39(42)43)33-46-32-30-28-26-24-12-10-8-6-4-2/h36-37H,3-35,40H2,1-2H3,(H,42,43)(H,44,45). The van der Waals surface area contributed by atoms with Crippen molar-refractivity contribution in [2.45, 2.75) is 212 Å². The highest BCUT2D eigenvalue weighted by Crippen LogP contribution is 2.43. The van der Waals surface area contributed by atoms with Crippen LogP contribution in [0.1, 0.15) is 200 Å². The molecule has 4 N–H and O–H groups in total. The third-order valence-corrected chi connectivity index (χ3v) is 10.1. The molecule has 50 heavy (non-hydrogen) atoms. The lowest BCUT2D eigenvalue weighted by Crippen LogP contribution is -2.34. The number of aliphatic carboxylic acids is 1. The van der Waals surface area contributed by atoms with Crippen LogP contribution in [0.4, 0.5) is 0 Å². The second-order valence-electron chi connectivity index (χ2n) is 14.1. The first-order chi connectivity index (χ1) is 24.2. The Bertz CT molecular complexity index is 816. The van der Waals surface area contributed by atoms with Crippen molar-refractivity contribution >= 4 is 19.8 Å². The number of carbonyl (C=O) groups excluding carboxylic acids is 1. The van der Waals surface area contributed by atoms with Crippen LogP contribution in [-0.2, 0) is 32.7 Å². The van der Waals surface area contributed by atoms with Crippen molar-refractivity contribution in [3.05, 3.63) is 0 Å². The number of ether oxygens (including phenoxy) is 2. The second-order valence-corrected chi connectivity index (χ2v) is 15.6. The maximum atomic E-state index is 12.6. The first kappa shape index (κ1) is 49.0. The molecular formula is C39H78NO9P. The summed E-state index contributed by atoms with van der Waals surface area (Å²) < 4.78 is 33.2. The molecule has 0 rings (SSSR count). The van der Waals surface area contributed by atoms with Crippen LogP contribution in [0.2, 0.25) is 0 Å².